The summed E-state index contributed by atoms with van der Waals surface area (Å²) in [5, 5.41) is 17.6. The molecule has 2 aliphatic rings. The Bertz CT molecular complexity index is 1570. The second-order valence-electron chi connectivity index (χ2n) is 10.4. The first kappa shape index (κ1) is 27.5. The Morgan fingerprint density at radius 1 is 0.976 bits per heavy atom. The van der Waals surface area contributed by atoms with Crippen LogP contribution in [0.5, 0.6) is 0 Å². The average Bonchev–Trinajstić information content (AvgIpc) is 3.44. The number of benzene rings is 2. The lowest BCUT2D eigenvalue weighted by Crippen LogP contribution is -2.51. The largest absolute Gasteiger partial charge is 0.378 e. The standard InChI is InChI=1S/C29H34N10O3/c1-3-39-27-24(35-36-39)26(37-14-16-42-17-15-37)33-25(34-27)20-4-8-22(9-5-20)31-29(41)32-23-10-6-21(7-11-23)28(40)38-13-12-30-19(2)18-38/h4-11,19,30H,3,12-18H2,1-2H3,(H2,31,32,41)/t19-/m1/s1. The third-order valence-corrected chi connectivity index (χ3v) is 7.40. The molecule has 6 rings (SSSR count). The monoisotopic (exact) mass is 570 g/mol. The van der Waals surface area contributed by atoms with Gasteiger partial charge in [0.05, 0.1) is 13.2 Å². The van der Waals surface area contributed by atoms with Crippen molar-refractivity contribution in [2.45, 2.75) is 26.4 Å². The van der Waals surface area contributed by atoms with Crippen molar-refractivity contribution in [3.05, 3.63) is 54.1 Å². The Morgan fingerprint density at radius 3 is 2.33 bits per heavy atom. The lowest BCUT2D eigenvalue weighted by atomic mass is 10.1. The molecular formula is C29H34N10O3. The second kappa shape index (κ2) is 12.1. The summed E-state index contributed by atoms with van der Waals surface area (Å²) in [6.45, 7) is 9.54. The molecule has 0 radical (unpaired) electrons. The number of ether oxygens (including phenoxy) is 1. The predicted octanol–water partition coefficient (Wildman–Crippen LogP) is 2.82. The first-order chi connectivity index (χ1) is 20.5. The highest BCUT2D eigenvalue weighted by atomic mass is 16.5. The Morgan fingerprint density at radius 2 is 1.67 bits per heavy atom. The lowest BCUT2D eigenvalue weighted by Gasteiger charge is -2.32. The van der Waals surface area contributed by atoms with Crippen LogP contribution in [0.3, 0.4) is 0 Å². The predicted molar refractivity (Wildman–Crippen MR) is 160 cm³/mol. The number of anilines is 3. The van der Waals surface area contributed by atoms with Gasteiger partial charge in [-0.3, -0.25) is 4.79 Å². The number of carbonyl (C=O) groups is 2. The van der Waals surface area contributed by atoms with Gasteiger partial charge in [-0.15, -0.1) is 5.10 Å². The Labute approximate surface area is 243 Å². The van der Waals surface area contributed by atoms with Gasteiger partial charge in [0, 0.05) is 67.8 Å². The number of nitrogens with zero attached hydrogens (tertiary/aromatic N) is 7. The molecule has 0 aliphatic carbocycles. The molecule has 13 nitrogen and oxygen atoms in total. The summed E-state index contributed by atoms with van der Waals surface area (Å²) in [4.78, 5) is 39.1. The van der Waals surface area contributed by atoms with E-state index in [1.54, 1.807) is 28.9 Å². The van der Waals surface area contributed by atoms with Crippen LogP contribution in [0.4, 0.5) is 22.0 Å². The van der Waals surface area contributed by atoms with Crippen molar-refractivity contribution in [1.29, 1.82) is 0 Å². The van der Waals surface area contributed by atoms with Gasteiger partial charge < -0.3 is 30.5 Å². The number of carbonyl (C=O) groups excluding carboxylic acids is 2. The Balaban J connectivity index is 1.12. The first-order valence-corrected chi connectivity index (χ1v) is 14.2. The summed E-state index contributed by atoms with van der Waals surface area (Å²) in [7, 11) is 0. The minimum Gasteiger partial charge on any atom is -0.378 e. The van der Waals surface area contributed by atoms with E-state index in [0.29, 0.717) is 66.8 Å². The van der Waals surface area contributed by atoms with Crippen LogP contribution in [0.2, 0.25) is 0 Å². The van der Waals surface area contributed by atoms with E-state index in [1.807, 2.05) is 36.1 Å². The minimum absolute atomic E-state index is 0.00458. The van der Waals surface area contributed by atoms with Crippen LogP contribution < -0.4 is 20.9 Å². The van der Waals surface area contributed by atoms with Gasteiger partial charge in [0.15, 0.2) is 22.8 Å². The van der Waals surface area contributed by atoms with Crippen LogP contribution in [-0.4, -0.2) is 93.8 Å². The maximum Gasteiger partial charge on any atom is 0.323 e. The van der Waals surface area contributed by atoms with Crippen molar-refractivity contribution in [2.75, 3.05) is 61.5 Å². The fourth-order valence-corrected chi connectivity index (χ4v) is 5.17. The molecule has 42 heavy (non-hydrogen) atoms. The highest BCUT2D eigenvalue weighted by molar-refractivity contribution is 6.00. The maximum atomic E-state index is 12.8. The molecule has 13 heteroatoms. The van der Waals surface area contributed by atoms with Gasteiger partial charge in [-0.25, -0.2) is 19.4 Å². The number of hydrogen-bond donors (Lipinski definition) is 3. The normalized spacial score (nSPS) is 17.3. The number of aryl methyl sites for hydroxylation is 1. The molecule has 2 aromatic carbocycles. The van der Waals surface area contributed by atoms with E-state index in [9.17, 15) is 9.59 Å². The van der Waals surface area contributed by atoms with Gasteiger partial charge in [0.1, 0.15) is 0 Å². The number of morpholine rings is 1. The minimum atomic E-state index is -0.386. The molecule has 218 valence electrons. The number of rotatable bonds is 6. The molecule has 2 fully saturated rings. The van der Waals surface area contributed by atoms with E-state index in [0.717, 1.165) is 31.0 Å². The lowest BCUT2D eigenvalue weighted by molar-refractivity contribution is 0.0709. The number of amides is 3. The molecule has 3 amide bonds. The maximum absolute atomic E-state index is 12.8. The SMILES string of the molecule is CCn1nnc2c(N3CCOCC3)nc(-c3ccc(NC(=O)Nc4ccc(C(=O)N5CCN[C@H](C)C5)cc4)cc3)nc21. The van der Waals surface area contributed by atoms with E-state index < -0.39 is 0 Å². The molecule has 0 saturated carbocycles. The van der Waals surface area contributed by atoms with Gasteiger partial charge in [-0.1, -0.05) is 5.21 Å². The van der Waals surface area contributed by atoms with Crippen LogP contribution in [0, 0.1) is 0 Å². The van der Waals surface area contributed by atoms with Crippen molar-refractivity contribution in [1.82, 2.24) is 35.2 Å². The van der Waals surface area contributed by atoms with Gasteiger partial charge in [-0.05, 0) is 62.4 Å². The number of piperazine rings is 1. The van der Waals surface area contributed by atoms with E-state index >= 15 is 0 Å². The average molecular weight is 571 g/mol. The number of hydrogen-bond acceptors (Lipinski definition) is 9. The molecular weight excluding hydrogens is 536 g/mol. The molecule has 2 aromatic heterocycles. The second-order valence-corrected chi connectivity index (χ2v) is 10.4. The van der Waals surface area contributed by atoms with Crippen LogP contribution in [0.15, 0.2) is 48.5 Å². The van der Waals surface area contributed by atoms with E-state index in [-0.39, 0.29) is 18.0 Å². The van der Waals surface area contributed by atoms with Gasteiger partial charge in [-0.2, -0.15) is 0 Å². The van der Waals surface area contributed by atoms with E-state index in [1.165, 1.54) is 0 Å². The quantitative estimate of drug-likeness (QED) is 0.319. The third kappa shape index (κ3) is 5.87. The Kier molecular flexibility index (Phi) is 7.93. The van der Waals surface area contributed by atoms with Gasteiger partial charge >= 0.3 is 6.03 Å². The molecule has 2 saturated heterocycles. The fraction of sp³-hybridized carbons (Fsp3) is 0.379. The number of fused-ring (bicyclic) bond motifs is 1. The summed E-state index contributed by atoms with van der Waals surface area (Å²) in [6.07, 6.45) is 0. The van der Waals surface area contributed by atoms with Crippen LogP contribution in [0.25, 0.3) is 22.6 Å². The number of nitrogens with one attached hydrogen (secondary N) is 3. The smallest absolute Gasteiger partial charge is 0.323 e. The third-order valence-electron chi connectivity index (χ3n) is 7.40. The van der Waals surface area contributed by atoms with Crippen molar-refractivity contribution in [3.63, 3.8) is 0 Å². The summed E-state index contributed by atoms with van der Waals surface area (Å²) in [6, 6.07) is 14.2. The highest BCUT2D eigenvalue weighted by Gasteiger charge is 2.23. The topological polar surface area (TPSA) is 142 Å². The summed E-state index contributed by atoms with van der Waals surface area (Å²) in [5.74, 6) is 1.30. The molecule has 2 aliphatic heterocycles. The summed E-state index contributed by atoms with van der Waals surface area (Å²) < 4.78 is 7.28. The summed E-state index contributed by atoms with van der Waals surface area (Å²) >= 11 is 0. The molecule has 4 aromatic rings. The molecule has 0 unspecified atom stereocenters. The van der Waals surface area contributed by atoms with E-state index in [2.05, 4.69) is 38.1 Å². The van der Waals surface area contributed by atoms with Crippen LogP contribution in [-0.2, 0) is 11.3 Å². The molecule has 0 bridgehead atoms. The molecule has 1 atom stereocenters. The molecule has 0 spiro atoms. The van der Waals surface area contributed by atoms with Crippen LogP contribution >= 0.6 is 0 Å². The molecule has 3 N–H and O–H groups in total. The van der Waals surface area contributed by atoms with Crippen molar-refractivity contribution < 1.29 is 14.3 Å². The van der Waals surface area contributed by atoms with Gasteiger partial charge in [0.2, 0.25) is 0 Å². The first-order valence-electron chi connectivity index (χ1n) is 14.2. The zero-order valence-corrected chi connectivity index (χ0v) is 23.7. The van der Waals surface area contributed by atoms with Crippen molar-refractivity contribution >= 4 is 40.3 Å². The fourth-order valence-electron chi connectivity index (χ4n) is 5.17. The zero-order valence-electron chi connectivity index (χ0n) is 23.7. The number of urea groups is 1. The Hall–Kier alpha value is -4.62. The number of aromatic nitrogens is 5. The van der Waals surface area contributed by atoms with E-state index in [4.69, 9.17) is 14.7 Å². The molecule has 4 heterocycles. The van der Waals surface area contributed by atoms with Gasteiger partial charge in [0.25, 0.3) is 5.91 Å². The van der Waals surface area contributed by atoms with Crippen molar-refractivity contribution in [3.8, 4) is 11.4 Å². The van der Waals surface area contributed by atoms with Crippen LogP contribution in [0.1, 0.15) is 24.2 Å². The highest BCUT2D eigenvalue weighted by Crippen LogP contribution is 2.27. The summed E-state index contributed by atoms with van der Waals surface area (Å²) in [5.41, 5.74) is 3.97. The zero-order chi connectivity index (χ0) is 29.1. The van der Waals surface area contributed by atoms with Crippen molar-refractivity contribution in [2.24, 2.45) is 0 Å².